The number of piperidine rings is 1. The molecule has 2 nitrogen and oxygen atoms in total. The zero-order valence-electron chi connectivity index (χ0n) is 15.4. The van der Waals surface area contributed by atoms with Gasteiger partial charge in [0.2, 0.25) is 12.3 Å². The molecule has 1 spiro atoms. The average Bonchev–Trinajstić information content (AvgIpc) is 2.92. The van der Waals surface area contributed by atoms with Gasteiger partial charge in [-0.15, -0.1) is 11.3 Å². The Hall–Kier alpha value is -0.660. The maximum absolute atomic E-state index is 13.0. The monoisotopic (exact) mass is 393 g/mol. The number of alkyl halides is 4. The number of thiophene rings is 1. The van der Waals surface area contributed by atoms with Gasteiger partial charge in [-0.1, -0.05) is 0 Å². The molecule has 7 heteroatoms. The number of nitrogens with zero attached hydrogens (tertiary/aromatic N) is 1. The van der Waals surface area contributed by atoms with Crippen molar-refractivity contribution in [1.82, 2.24) is 4.90 Å². The Morgan fingerprint density at radius 1 is 1.42 bits per heavy atom. The third-order valence-electron chi connectivity index (χ3n) is 5.49. The molecule has 1 aromatic rings. The first-order chi connectivity index (χ1) is 12.2. The molecule has 3 heterocycles. The van der Waals surface area contributed by atoms with Crippen LogP contribution in [0.5, 0.6) is 0 Å². The van der Waals surface area contributed by atoms with Crippen LogP contribution in [0.25, 0.3) is 0 Å². The third kappa shape index (κ3) is 4.60. The summed E-state index contributed by atoms with van der Waals surface area (Å²) in [4.78, 5) is 4.10. The van der Waals surface area contributed by atoms with E-state index in [0.717, 1.165) is 48.0 Å². The fraction of sp³-hybridized carbons (Fsp3) is 0.789. The van der Waals surface area contributed by atoms with E-state index < -0.39 is 12.3 Å². The Morgan fingerprint density at radius 3 is 2.85 bits per heavy atom. The number of hydrogen-bond acceptors (Lipinski definition) is 3. The third-order valence-corrected chi connectivity index (χ3v) is 6.88. The molecule has 0 aliphatic carbocycles. The Kier molecular flexibility index (Phi) is 5.99. The van der Waals surface area contributed by atoms with E-state index in [4.69, 9.17) is 4.74 Å². The summed E-state index contributed by atoms with van der Waals surface area (Å²) in [5.74, 6) is -2.61. The maximum atomic E-state index is 13.0. The van der Waals surface area contributed by atoms with Crippen molar-refractivity contribution in [3.05, 3.63) is 21.4 Å². The fourth-order valence-electron chi connectivity index (χ4n) is 4.25. The Bertz CT molecular complexity index is 615. The molecular formula is C19H27F4NOS. The van der Waals surface area contributed by atoms with Crippen LogP contribution in [0, 0.1) is 0 Å². The number of hydrogen-bond donors (Lipinski definition) is 0. The first-order valence-electron chi connectivity index (χ1n) is 9.35. The van der Waals surface area contributed by atoms with E-state index in [9.17, 15) is 17.6 Å². The molecular weight excluding hydrogens is 366 g/mol. The molecule has 1 saturated heterocycles. The van der Waals surface area contributed by atoms with Crippen molar-refractivity contribution in [2.75, 3.05) is 19.7 Å². The van der Waals surface area contributed by atoms with Crippen molar-refractivity contribution in [2.24, 2.45) is 0 Å². The smallest absolute Gasteiger partial charge is 0.245 e. The van der Waals surface area contributed by atoms with Gasteiger partial charge in [0.05, 0.1) is 6.61 Å². The van der Waals surface area contributed by atoms with Gasteiger partial charge in [0, 0.05) is 35.2 Å². The molecule has 0 bridgehead atoms. The van der Waals surface area contributed by atoms with Crippen LogP contribution in [0.3, 0.4) is 0 Å². The number of ether oxygens (including phenoxy) is 1. The molecule has 148 valence electrons. The maximum Gasteiger partial charge on any atom is 0.245 e. The SMILES string of the molecule is C[C@H]1C[C@@]2(CCN1CCCC(C)(F)F)OCCc1cc(CC(F)F)sc12. The topological polar surface area (TPSA) is 12.5 Å². The molecule has 0 saturated carbocycles. The lowest BCUT2D eigenvalue weighted by Gasteiger charge is -2.47. The van der Waals surface area contributed by atoms with E-state index in [1.807, 2.05) is 6.07 Å². The van der Waals surface area contributed by atoms with Gasteiger partial charge < -0.3 is 9.64 Å². The zero-order valence-corrected chi connectivity index (χ0v) is 16.2. The molecule has 26 heavy (non-hydrogen) atoms. The van der Waals surface area contributed by atoms with Crippen LogP contribution in [-0.4, -0.2) is 43.0 Å². The summed E-state index contributed by atoms with van der Waals surface area (Å²) in [5.41, 5.74) is 0.770. The molecule has 3 rings (SSSR count). The first-order valence-corrected chi connectivity index (χ1v) is 10.2. The van der Waals surface area contributed by atoms with Crippen molar-refractivity contribution in [3.63, 3.8) is 0 Å². The molecule has 0 radical (unpaired) electrons. The van der Waals surface area contributed by atoms with Crippen molar-refractivity contribution in [1.29, 1.82) is 0 Å². The predicted octanol–water partition coefficient (Wildman–Crippen LogP) is 5.24. The second-order valence-electron chi connectivity index (χ2n) is 7.77. The van der Waals surface area contributed by atoms with Crippen molar-refractivity contribution < 1.29 is 22.3 Å². The molecule has 0 unspecified atom stereocenters. The van der Waals surface area contributed by atoms with Gasteiger partial charge in [-0.05, 0) is 57.7 Å². The fourth-order valence-corrected chi connectivity index (χ4v) is 5.64. The van der Waals surface area contributed by atoms with Gasteiger partial charge in [0.1, 0.15) is 5.60 Å². The van der Waals surface area contributed by atoms with E-state index >= 15 is 0 Å². The second-order valence-corrected chi connectivity index (χ2v) is 8.90. The van der Waals surface area contributed by atoms with Gasteiger partial charge in [-0.2, -0.15) is 0 Å². The van der Waals surface area contributed by atoms with E-state index in [1.165, 1.54) is 11.3 Å². The van der Waals surface area contributed by atoms with Crippen LogP contribution in [0.1, 0.15) is 54.8 Å². The second kappa shape index (κ2) is 7.76. The molecule has 1 aromatic heterocycles. The van der Waals surface area contributed by atoms with Crippen molar-refractivity contribution in [2.45, 2.75) is 76.4 Å². The number of likely N-dealkylation sites (tertiary alicyclic amines) is 1. The van der Waals surface area contributed by atoms with E-state index in [1.54, 1.807) is 0 Å². The van der Waals surface area contributed by atoms with Gasteiger partial charge in [0.25, 0.3) is 0 Å². The molecule has 0 N–H and O–H groups in total. The van der Waals surface area contributed by atoms with Gasteiger partial charge in [0.15, 0.2) is 0 Å². The lowest BCUT2D eigenvalue weighted by molar-refractivity contribution is -0.109. The minimum Gasteiger partial charge on any atom is -0.369 e. The quantitative estimate of drug-likeness (QED) is 0.613. The van der Waals surface area contributed by atoms with E-state index in [2.05, 4.69) is 11.8 Å². The highest BCUT2D eigenvalue weighted by Crippen LogP contribution is 2.47. The molecule has 2 atom stereocenters. The van der Waals surface area contributed by atoms with Crippen LogP contribution < -0.4 is 0 Å². The van der Waals surface area contributed by atoms with Gasteiger partial charge >= 0.3 is 0 Å². The summed E-state index contributed by atoms with van der Waals surface area (Å²) in [7, 11) is 0. The standard InChI is InChI=1S/C19H27F4NOS/c1-13-12-19(6-8-24(13)7-3-5-18(2,22)23)17-14(4-9-25-19)10-15(26-17)11-16(20)21/h10,13,16H,3-9,11-12H2,1-2H3/t13-,19+/m0/s1. The molecule has 0 amide bonds. The van der Waals surface area contributed by atoms with Crippen LogP contribution in [0.4, 0.5) is 17.6 Å². The number of fused-ring (bicyclic) bond motifs is 2. The van der Waals surface area contributed by atoms with E-state index in [0.29, 0.717) is 19.6 Å². The summed E-state index contributed by atoms with van der Waals surface area (Å²) < 4.78 is 57.8. The van der Waals surface area contributed by atoms with Crippen LogP contribution >= 0.6 is 11.3 Å². The molecule has 1 fully saturated rings. The largest absolute Gasteiger partial charge is 0.369 e. The molecule has 2 aliphatic rings. The van der Waals surface area contributed by atoms with Crippen LogP contribution in [0.2, 0.25) is 0 Å². The van der Waals surface area contributed by atoms with Gasteiger partial charge in [-0.25, -0.2) is 17.6 Å². The summed E-state index contributed by atoms with van der Waals surface area (Å²) >= 11 is 1.47. The number of rotatable bonds is 6. The van der Waals surface area contributed by atoms with Crippen LogP contribution in [-0.2, 0) is 23.2 Å². The van der Waals surface area contributed by atoms with Crippen LogP contribution in [0.15, 0.2) is 6.07 Å². The summed E-state index contributed by atoms with van der Waals surface area (Å²) in [6.07, 6.45) is 0.221. The van der Waals surface area contributed by atoms with Gasteiger partial charge in [-0.3, -0.25) is 0 Å². The highest BCUT2D eigenvalue weighted by Gasteiger charge is 2.44. The Morgan fingerprint density at radius 2 is 2.19 bits per heavy atom. The predicted molar refractivity (Wildman–Crippen MR) is 95.5 cm³/mol. The lowest BCUT2D eigenvalue weighted by Crippen LogP contribution is -2.50. The minimum absolute atomic E-state index is 0.0933. The highest BCUT2D eigenvalue weighted by molar-refractivity contribution is 7.12. The van der Waals surface area contributed by atoms with Crippen molar-refractivity contribution in [3.8, 4) is 0 Å². The molecule has 0 aromatic carbocycles. The first kappa shape index (κ1) is 20.1. The highest BCUT2D eigenvalue weighted by atomic mass is 32.1. The lowest BCUT2D eigenvalue weighted by atomic mass is 9.82. The average molecular weight is 393 g/mol. The summed E-state index contributed by atoms with van der Waals surface area (Å²) in [5, 5.41) is 0. The Labute approximate surface area is 156 Å². The Balaban J connectivity index is 1.67. The number of halogens is 4. The van der Waals surface area contributed by atoms with E-state index in [-0.39, 0.29) is 24.5 Å². The summed E-state index contributed by atoms with van der Waals surface area (Å²) in [6.45, 7) is 5.14. The molecule has 2 aliphatic heterocycles. The van der Waals surface area contributed by atoms with Crippen molar-refractivity contribution >= 4 is 11.3 Å². The zero-order chi connectivity index (χ0) is 18.9. The normalized spacial score (nSPS) is 27.3. The minimum atomic E-state index is -2.61. The summed E-state index contributed by atoms with van der Waals surface area (Å²) in [6, 6.07) is 2.15.